The molecule has 0 radical (unpaired) electrons. The van der Waals surface area contributed by atoms with Crippen LogP contribution in [0.1, 0.15) is 26.5 Å². The average Bonchev–Trinajstić information content (AvgIpc) is 3.18. The van der Waals surface area contributed by atoms with Crippen LogP contribution in [-0.2, 0) is 13.1 Å². The Morgan fingerprint density at radius 3 is 2.50 bits per heavy atom. The molecule has 0 aliphatic heterocycles. The zero-order valence-electron chi connectivity index (χ0n) is 16.6. The van der Waals surface area contributed by atoms with Gasteiger partial charge >= 0.3 is 0 Å². The second-order valence-corrected chi connectivity index (χ2v) is 7.23. The number of ketones is 1. The molecule has 0 saturated heterocycles. The van der Waals surface area contributed by atoms with Crippen molar-refractivity contribution in [3.05, 3.63) is 84.2 Å². The van der Waals surface area contributed by atoms with E-state index < -0.39 is 0 Å². The van der Waals surface area contributed by atoms with Gasteiger partial charge in [-0.1, -0.05) is 36.0 Å². The Hall–Kier alpha value is -3.39. The molecule has 3 rings (SSSR count). The molecule has 0 unspecified atom stereocenters. The first-order valence-electron chi connectivity index (χ1n) is 9.28. The van der Waals surface area contributed by atoms with Crippen LogP contribution in [0.25, 0.3) is 0 Å². The van der Waals surface area contributed by atoms with Gasteiger partial charge in [0.25, 0.3) is 5.91 Å². The monoisotopic (exact) mass is 422 g/mol. The topological polar surface area (TPSA) is 86.1 Å². The van der Waals surface area contributed by atoms with Gasteiger partial charge in [0, 0.05) is 17.7 Å². The summed E-state index contributed by atoms with van der Waals surface area (Å²) in [6.45, 7) is 4.47. The van der Waals surface area contributed by atoms with Gasteiger partial charge in [0.15, 0.2) is 16.8 Å². The van der Waals surface area contributed by atoms with Crippen LogP contribution in [0.4, 0.5) is 0 Å². The number of amides is 1. The molecule has 0 aliphatic carbocycles. The minimum atomic E-state index is -0.187. The highest BCUT2D eigenvalue weighted by atomic mass is 32.2. The fourth-order valence-electron chi connectivity index (χ4n) is 2.71. The first kappa shape index (κ1) is 21.3. The van der Waals surface area contributed by atoms with Crippen LogP contribution >= 0.6 is 11.8 Å². The van der Waals surface area contributed by atoms with Gasteiger partial charge in [0.1, 0.15) is 5.75 Å². The second kappa shape index (κ2) is 10.4. The van der Waals surface area contributed by atoms with Gasteiger partial charge in [-0.3, -0.25) is 9.59 Å². The van der Waals surface area contributed by atoms with Gasteiger partial charge in [-0.05, 0) is 36.4 Å². The van der Waals surface area contributed by atoms with Crippen molar-refractivity contribution >= 4 is 23.5 Å². The van der Waals surface area contributed by atoms with E-state index in [4.69, 9.17) is 4.74 Å². The number of nitrogens with one attached hydrogen (secondary N) is 1. The summed E-state index contributed by atoms with van der Waals surface area (Å²) in [4.78, 5) is 24.7. The van der Waals surface area contributed by atoms with Crippen LogP contribution in [0.5, 0.6) is 5.75 Å². The maximum atomic E-state index is 12.5. The van der Waals surface area contributed by atoms with E-state index in [2.05, 4.69) is 22.1 Å². The molecule has 1 amide bonds. The number of carbonyl (C=O) groups is 2. The average molecular weight is 423 g/mol. The fraction of sp³-hybridized carbons (Fsp3) is 0.182. The van der Waals surface area contributed by atoms with Crippen molar-refractivity contribution < 1.29 is 14.3 Å². The molecular weight excluding hydrogens is 400 g/mol. The number of rotatable bonds is 10. The lowest BCUT2D eigenvalue weighted by molar-refractivity contribution is 0.0948. The third-order valence-corrected chi connectivity index (χ3v) is 5.26. The van der Waals surface area contributed by atoms with Crippen molar-refractivity contribution in [1.29, 1.82) is 0 Å². The number of methoxy groups -OCH3 is 1. The van der Waals surface area contributed by atoms with Gasteiger partial charge in [-0.2, -0.15) is 0 Å². The third kappa shape index (κ3) is 5.36. The summed E-state index contributed by atoms with van der Waals surface area (Å²) < 4.78 is 6.95. The van der Waals surface area contributed by atoms with Gasteiger partial charge in [0.2, 0.25) is 0 Å². The zero-order valence-corrected chi connectivity index (χ0v) is 17.4. The number of carbonyl (C=O) groups excluding carboxylic acids is 2. The molecule has 1 N–H and O–H groups in total. The summed E-state index contributed by atoms with van der Waals surface area (Å²) in [6, 6.07) is 16.0. The minimum Gasteiger partial charge on any atom is -0.497 e. The molecule has 2 aromatic carbocycles. The molecule has 0 spiro atoms. The number of Topliss-reactive ketones (excluding diaryl/α,β-unsaturated/α-hetero) is 1. The molecule has 1 heterocycles. The standard InChI is InChI=1S/C22H22N4O3S/c1-3-13-26-20(14-23-21(28)17-7-5-4-6-8-17)24-25-22(26)30-15-19(27)16-9-11-18(29-2)12-10-16/h3-12H,1,13-15H2,2H3,(H,23,28). The highest BCUT2D eigenvalue weighted by Crippen LogP contribution is 2.20. The number of benzene rings is 2. The van der Waals surface area contributed by atoms with Crippen molar-refractivity contribution in [3.63, 3.8) is 0 Å². The summed E-state index contributed by atoms with van der Waals surface area (Å²) in [7, 11) is 1.58. The summed E-state index contributed by atoms with van der Waals surface area (Å²) in [5.41, 5.74) is 1.18. The summed E-state index contributed by atoms with van der Waals surface area (Å²) in [5.74, 6) is 1.31. The Kier molecular flexibility index (Phi) is 7.40. The maximum Gasteiger partial charge on any atom is 0.251 e. The number of allylic oxidation sites excluding steroid dienone is 1. The van der Waals surface area contributed by atoms with E-state index in [0.717, 1.165) is 0 Å². The molecule has 0 bridgehead atoms. The third-order valence-electron chi connectivity index (χ3n) is 4.29. The lowest BCUT2D eigenvalue weighted by Crippen LogP contribution is -2.24. The van der Waals surface area contributed by atoms with Crippen molar-refractivity contribution in [1.82, 2.24) is 20.1 Å². The molecule has 0 aliphatic rings. The van der Waals surface area contributed by atoms with E-state index in [-0.39, 0.29) is 24.0 Å². The van der Waals surface area contributed by atoms with E-state index in [0.29, 0.717) is 34.4 Å². The smallest absolute Gasteiger partial charge is 0.251 e. The molecule has 30 heavy (non-hydrogen) atoms. The van der Waals surface area contributed by atoms with Crippen molar-refractivity contribution in [2.45, 2.75) is 18.2 Å². The molecule has 7 nitrogen and oxygen atoms in total. The molecular formula is C22H22N4O3S. The number of ether oxygens (including phenoxy) is 1. The SMILES string of the molecule is C=CCn1c(CNC(=O)c2ccccc2)nnc1SCC(=O)c1ccc(OC)cc1. The quantitative estimate of drug-likeness (QED) is 0.306. The number of aromatic nitrogens is 3. The van der Waals surface area contributed by atoms with Crippen LogP contribution in [0.15, 0.2) is 72.4 Å². The van der Waals surface area contributed by atoms with Crippen LogP contribution in [0.3, 0.4) is 0 Å². The normalized spacial score (nSPS) is 10.4. The predicted molar refractivity (Wildman–Crippen MR) is 116 cm³/mol. The van der Waals surface area contributed by atoms with Crippen molar-refractivity contribution in [2.24, 2.45) is 0 Å². The molecule has 154 valence electrons. The van der Waals surface area contributed by atoms with Crippen LogP contribution in [-0.4, -0.2) is 39.3 Å². The van der Waals surface area contributed by atoms with E-state index in [1.807, 2.05) is 22.8 Å². The first-order chi connectivity index (χ1) is 14.6. The van der Waals surface area contributed by atoms with Crippen LogP contribution in [0, 0.1) is 0 Å². The van der Waals surface area contributed by atoms with Crippen LogP contribution < -0.4 is 10.1 Å². The van der Waals surface area contributed by atoms with E-state index in [1.54, 1.807) is 49.6 Å². The molecule has 0 atom stereocenters. The zero-order chi connectivity index (χ0) is 21.3. The van der Waals surface area contributed by atoms with Crippen LogP contribution in [0.2, 0.25) is 0 Å². The van der Waals surface area contributed by atoms with E-state index in [1.165, 1.54) is 11.8 Å². The Labute approximate surface area is 179 Å². The largest absolute Gasteiger partial charge is 0.497 e. The van der Waals surface area contributed by atoms with Gasteiger partial charge in [-0.25, -0.2) is 0 Å². The van der Waals surface area contributed by atoms with Crippen molar-refractivity contribution in [3.8, 4) is 5.75 Å². The maximum absolute atomic E-state index is 12.5. The summed E-state index contributed by atoms with van der Waals surface area (Å²) in [5, 5.41) is 11.8. The first-order valence-corrected chi connectivity index (χ1v) is 10.3. The van der Waals surface area contributed by atoms with Crippen molar-refractivity contribution in [2.75, 3.05) is 12.9 Å². The predicted octanol–water partition coefficient (Wildman–Crippen LogP) is 3.38. The number of thioether (sulfide) groups is 1. The highest BCUT2D eigenvalue weighted by Gasteiger charge is 2.15. The van der Waals surface area contributed by atoms with E-state index in [9.17, 15) is 9.59 Å². The molecule has 0 saturated carbocycles. The number of nitrogens with zero attached hydrogens (tertiary/aromatic N) is 3. The summed E-state index contributed by atoms with van der Waals surface area (Å²) >= 11 is 1.30. The second-order valence-electron chi connectivity index (χ2n) is 6.29. The molecule has 3 aromatic rings. The van der Waals surface area contributed by atoms with Gasteiger partial charge in [-0.15, -0.1) is 16.8 Å². The Balaban J connectivity index is 1.63. The van der Waals surface area contributed by atoms with Gasteiger partial charge < -0.3 is 14.6 Å². The minimum absolute atomic E-state index is 0.0188. The Morgan fingerprint density at radius 1 is 1.10 bits per heavy atom. The number of hydrogen-bond acceptors (Lipinski definition) is 6. The fourth-order valence-corrected chi connectivity index (χ4v) is 3.57. The molecule has 0 fully saturated rings. The van der Waals surface area contributed by atoms with Gasteiger partial charge in [0.05, 0.1) is 19.4 Å². The summed E-state index contributed by atoms with van der Waals surface area (Å²) in [6.07, 6.45) is 1.72. The highest BCUT2D eigenvalue weighted by molar-refractivity contribution is 7.99. The number of hydrogen-bond donors (Lipinski definition) is 1. The van der Waals surface area contributed by atoms with E-state index >= 15 is 0 Å². The Bertz CT molecular complexity index is 1020. The molecule has 1 aromatic heterocycles. The lowest BCUT2D eigenvalue weighted by atomic mass is 10.1. The Morgan fingerprint density at radius 2 is 1.83 bits per heavy atom. The lowest BCUT2D eigenvalue weighted by Gasteiger charge is -2.09. The molecule has 8 heteroatoms.